The second-order valence-corrected chi connectivity index (χ2v) is 3.96. The van der Waals surface area contributed by atoms with Crippen LogP contribution < -0.4 is 11.5 Å². The van der Waals surface area contributed by atoms with Crippen molar-refractivity contribution in [3.63, 3.8) is 0 Å². The Hall–Kier alpha value is -2.02. The molecule has 0 saturated heterocycles. The molecule has 0 aromatic carbocycles. The fraction of sp³-hybridized carbons (Fsp3) is 0.222. The molecule has 0 aliphatic carbocycles. The molecule has 4 N–H and O–H groups in total. The van der Waals surface area contributed by atoms with E-state index in [2.05, 4.69) is 9.97 Å². The van der Waals surface area contributed by atoms with E-state index in [9.17, 15) is 4.79 Å². The van der Waals surface area contributed by atoms with Gasteiger partial charge < -0.3 is 16.4 Å². The summed E-state index contributed by atoms with van der Waals surface area (Å²) < 4.78 is 0. The Morgan fingerprint density at radius 2 is 2.06 bits per heavy atom. The number of hydrogen-bond acceptors (Lipinski definition) is 6. The molecule has 0 saturated carbocycles. The predicted octanol–water partition coefficient (Wildman–Crippen LogP) is 0.111. The number of nitrogens with two attached hydrogens (primary N) is 2. The summed E-state index contributed by atoms with van der Waals surface area (Å²) in [5.74, 6) is -0.382. The lowest BCUT2D eigenvalue weighted by Gasteiger charge is -2.16. The third kappa shape index (κ3) is 2.09. The fourth-order valence-corrected chi connectivity index (χ4v) is 1.52. The number of halogens is 1. The number of anilines is 2. The van der Waals surface area contributed by atoms with Gasteiger partial charge in [-0.25, -0.2) is 9.97 Å². The molecule has 0 radical (unpaired) electrons. The van der Waals surface area contributed by atoms with Crippen LogP contribution in [0.15, 0.2) is 12.4 Å². The normalized spacial score (nSPS) is 14.5. The highest BCUT2D eigenvalue weighted by atomic mass is 35.5. The minimum Gasteiger partial charge on any atom is -0.382 e. The van der Waals surface area contributed by atoms with E-state index in [4.69, 9.17) is 23.1 Å². The van der Waals surface area contributed by atoms with Crippen LogP contribution in [-0.4, -0.2) is 39.4 Å². The molecule has 1 aliphatic heterocycles. The molecule has 90 valence electrons. The number of amides is 1. The minimum absolute atomic E-state index is 0.00384. The Bertz CT molecular complexity index is 503. The van der Waals surface area contributed by atoms with Crippen LogP contribution in [0.1, 0.15) is 10.5 Å². The van der Waals surface area contributed by atoms with Crippen molar-refractivity contribution in [2.75, 3.05) is 25.2 Å². The van der Waals surface area contributed by atoms with E-state index in [-0.39, 0.29) is 28.4 Å². The average Bonchev–Trinajstić information content (AvgIpc) is 2.69. The van der Waals surface area contributed by atoms with Crippen LogP contribution in [0.25, 0.3) is 0 Å². The van der Waals surface area contributed by atoms with E-state index >= 15 is 0 Å². The van der Waals surface area contributed by atoms with E-state index in [1.807, 2.05) is 11.9 Å². The summed E-state index contributed by atoms with van der Waals surface area (Å²) in [6, 6.07) is 0. The van der Waals surface area contributed by atoms with E-state index in [0.29, 0.717) is 6.67 Å². The summed E-state index contributed by atoms with van der Waals surface area (Å²) in [6.45, 7) is 0.432. The molecule has 7 nitrogen and oxygen atoms in total. The molecule has 1 aromatic heterocycles. The van der Waals surface area contributed by atoms with Crippen molar-refractivity contribution < 1.29 is 4.79 Å². The lowest BCUT2D eigenvalue weighted by Crippen LogP contribution is -2.30. The van der Waals surface area contributed by atoms with Gasteiger partial charge >= 0.3 is 0 Å². The average molecular weight is 255 g/mol. The molecule has 1 amide bonds. The molecular weight excluding hydrogens is 244 g/mol. The number of rotatable bonds is 1. The standard InChI is InChI=1S/C9H11ClN6O/c1-15-2-3-16(4-15)9(17)5-7(11)14-8(12)6(10)13-5/h2-3H,4H2,1H3,(H4,11,12,14). The van der Waals surface area contributed by atoms with Gasteiger partial charge in [0, 0.05) is 19.4 Å². The molecule has 0 fully saturated rings. The molecule has 17 heavy (non-hydrogen) atoms. The number of hydrogen-bond donors (Lipinski definition) is 2. The summed E-state index contributed by atoms with van der Waals surface area (Å²) in [7, 11) is 1.84. The maximum atomic E-state index is 12.0. The Balaban J connectivity index is 2.32. The van der Waals surface area contributed by atoms with Gasteiger partial charge in [0.25, 0.3) is 5.91 Å². The van der Waals surface area contributed by atoms with Crippen LogP contribution >= 0.6 is 11.6 Å². The van der Waals surface area contributed by atoms with Crippen LogP contribution in [0.2, 0.25) is 5.15 Å². The van der Waals surface area contributed by atoms with Gasteiger partial charge in [0.05, 0.1) is 6.67 Å². The zero-order valence-corrected chi connectivity index (χ0v) is 9.85. The molecule has 0 bridgehead atoms. The van der Waals surface area contributed by atoms with Crippen LogP contribution in [0.3, 0.4) is 0 Å². The van der Waals surface area contributed by atoms with Gasteiger partial charge in [-0.1, -0.05) is 11.6 Å². The SMILES string of the molecule is CN1C=CN(C(=O)c2nc(Cl)c(N)nc2N)C1. The highest BCUT2D eigenvalue weighted by Gasteiger charge is 2.23. The van der Waals surface area contributed by atoms with Gasteiger partial charge in [-0.05, 0) is 0 Å². The molecule has 0 unspecified atom stereocenters. The molecule has 2 rings (SSSR count). The molecule has 8 heteroatoms. The van der Waals surface area contributed by atoms with Crippen molar-refractivity contribution >= 4 is 29.1 Å². The monoisotopic (exact) mass is 254 g/mol. The first kappa shape index (κ1) is 11.5. The largest absolute Gasteiger partial charge is 0.382 e. The Morgan fingerprint density at radius 3 is 2.65 bits per heavy atom. The highest BCUT2D eigenvalue weighted by Crippen LogP contribution is 2.19. The lowest BCUT2D eigenvalue weighted by atomic mass is 10.3. The lowest BCUT2D eigenvalue weighted by molar-refractivity contribution is 0.0798. The maximum absolute atomic E-state index is 12.0. The van der Waals surface area contributed by atoms with Crippen molar-refractivity contribution in [1.29, 1.82) is 0 Å². The maximum Gasteiger partial charge on any atom is 0.281 e. The van der Waals surface area contributed by atoms with E-state index < -0.39 is 0 Å². The van der Waals surface area contributed by atoms with Crippen LogP contribution in [0.4, 0.5) is 11.6 Å². The number of nitrogens with zero attached hydrogens (tertiary/aromatic N) is 4. The Kier molecular flexibility index (Phi) is 2.76. The summed E-state index contributed by atoms with van der Waals surface area (Å²) in [6.07, 6.45) is 3.40. The molecule has 2 heterocycles. The summed E-state index contributed by atoms with van der Waals surface area (Å²) >= 11 is 5.71. The van der Waals surface area contributed by atoms with Crippen molar-refractivity contribution in [2.24, 2.45) is 0 Å². The second kappa shape index (κ2) is 4.10. The first-order chi connectivity index (χ1) is 7.99. The zero-order valence-electron chi connectivity index (χ0n) is 9.09. The number of nitrogen functional groups attached to an aromatic ring is 2. The third-order valence-corrected chi connectivity index (χ3v) is 2.52. The molecule has 0 spiro atoms. The van der Waals surface area contributed by atoms with Crippen LogP contribution in [0, 0.1) is 0 Å². The van der Waals surface area contributed by atoms with Crippen molar-refractivity contribution in [3.8, 4) is 0 Å². The second-order valence-electron chi connectivity index (χ2n) is 3.61. The molecule has 1 aromatic rings. The zero-order chi connectivity index (χ0) is 12.6. The smallest absolute Gasteiger partial charge is 0.281 e. The predicted molar refractivity (Wildman–Crippen MR) is 63.8 cm³/mol. The first-order valence-electron chi connectivity index (χ1n) is 4.77. The highest BCUT2D eigenvalue weighted by molar-refractivity contribution is 6.31. The number of aromatic nitrogens is 2. The molecular formula is C9H11ClN6O. The quantitative estimate of drug-likeness (QED) is 0.738. The van der Waals surface area contributed by atoms with Crippen LogP contribution in [0.5, 0.6) is 0 Å². The summed E-state index contributed by atoms with van der Waals surface area (Å²) in [5.41, 5.74) is 11.0. The Labute approximate surface area is 103 Å². The van der Waals surface area contributed by atoms with Gasteiger partial charge in [-0.15, -0.1) is 0 Å². The fourth-order valence-electron chi connectivity index (χ4n) is 1.40. The number of carbonyl (C=O) groups excluding carboxylic acids is 1. The number of carbonyl (C=O) groups is 1. The van der Waals surface area contributed by atoms with Crippen molar-refractivity contribution in [3.05, 3.63) is 23.2 Å². The third-order valence-electron chi connectivity index (χ3n) is 2.24. The van der Waals surface area contributed by atoms with E-state index in [1.165, 1.54) is 4.90 Å². The molecule has 0 atom stereocenters. The van der Waals surface area contributed by atoms with Gasteiger partial charge in [-0.2, -0.15) is 0 Å². The van der Waals surface area contributed by atoms with E-state index in [0.717, 1.165) is 0 Å². The van der Waals surface area contributed by atoms with Gasteiger partial charge in [-0.3, -0.25) is 9.69 Å². The van der Waals surface area contributed by atoms with Crippen LogP contribution in [-0.2, 0) is 0 Å². The molecule has 1 aliphatic rings. The van der Waals surface area contributed by atoms with Gasteiger partial charge in [0.15, 0.2) is 22.5 Å². The minimum atomic E-state index is -0.363. The topological polar surface area (TPSA) is 101 Å². The van der Waals surface area contributed by atoms with Gasteiger partial charge in [0.1, 0.15) is 0 Å². The summed E-state index contributed by atoms with van der Waals surface area (Å²) in [4.78, 5) is 22.9. The van der Waals surface area contributed by atoms with Crippen molar-refractivity contribution in [1.82, 2.24) is 19.8 Å². The first-order valence-corrected chi connectivity index (χ1v) is 5.15. The summed E-state index contributed by atoms with van der Waals surface area (Å²) in [5, 5.41) is -0.0286. The van der Waals surface area contributed by atoms with Gasteiger partial charge in [0.2, 0.25) is 0 Å². The Morgan fingerprint density at radius 1 is 1.35 bits per heavy atom. The van der Waals surface area contributed by atoms with E-state index in [1.54, 1.807) is 12.4 Å². The van der Waals surface area contributed by atoms with Crippen molar-refractivity contribution in [2.45, 2.75) is 0 Å².